The van der Waals surface area contributed by atoms with Crippen LogP contribution in [0.3, 0.4) is 0 Å². The molecule has 0 amide bonds. The first-order valence-electron chi connectivity index (χ1n) is 43.4. The third kappa shape index (κ3) is 69.3. The van der Waals surface area contributed by atoms with E-state index in [0.29, 0.717) is 5.41 Å². The molecule has 18 heteroatoms. The van der Waals surface area contributed by atoms with Gasteiger partial charge in [0.2, 0.25) is 0 Å². The van der Waals surface area contributed by atoms with E-state index in [1.165, 1.54) is 69.7 Å². The normalized spacial score (nSPS) is 11.7. The number of aromatic amines is 2. The van der Waals surface area contributed by atoms with Crippen molar-refractivity contribution in [2.24, 2.45) is 16.3 Å². The monoisotopic (exact) mass is 1670 g/mol. The number of H-pyrrole nitrogens is 2. The average Bonchev–Trinajstić information content (AvgIpc) is 1.60. The summed E-state index contributed by atoms with van der Waals surface area (Å²) in [4.78, 5) is 14.5. The van der Waals surface area contributed by atoms with E-state index in [1.54, 1.807) is 52.1 Å². The Kier molecular flexibility index (Phi) is 88.1. The van der Waals surface area contributed by atoms with E-state index in [2.05, 4.69) is 288 Å². The number of aliphatic imine (C=N–C) groups is 1. The molecule has 8 aromatic heterocycles. The molecule has 0 fully saturated rings. The van der Waals surface area contributed by atoms with E-state index >= 15 is 0 Å². The molecular weight excluding hydrogens is 1480 g/mol. The smallest absolute Gasteiger partial charge is 0.0978 e. The van der Waals surface area contributed by atoms with Crippen LogP contribution in [0.25, 0.3) is 0 Å². The molecule has 1 unspecified atom stereocenters. The number of nitrogens with zero attached hydrogens (tertiary/aromatic N) is 13. The molecule has 9 heterocycles. The van der Waals surface area contributed by atoms with Gasteiger partial charge in [-0.3, -0.25) is 24.9 Å². The highest BCUT2D eigenvalue weighted by Crippen LogP contribution is 2.42. The lowest BCUT2D eigenvalue weighted by molar-refractivity contribution is 0.250. The van der Waals surface area contributed by atoms with Crippen molar-refractivity contribution in [1.82, 2.24) is 69.1 Å². The van der Waals surface area contributed by atoms with Gasteiger partial charge in [0.25, 0.3) is 0 Å². The molecule has 0 bridgehead atoms. The lowest BCUT2D eigenvalue weighted by Gasteiger charge is -2.35. The predicted molar refractivity (Wildman–Crippen MR) is 530 cm³/mol. The van der Waals surface area contributed by atoms with E-state index in [0.717, 1.165) is 23.9 Å². The minimum atomic E-state index is 0. The van der Waals surface area contributed by atoms with E-state index in [4.69, 9.17) is 0 Å². The summed E-state index contributed by atoms with van der Waals surface area (Å²) in [5, 5.41) is 36.8. The Hall–Kier alpha value is -6.63. The highest BCUT2D eigenvalue weighted by Gasteiger charge is 2.33. The lowest BCUT2D eigenvalue weighted by atomic mass is 9.70. The first-order chi connectivity index (χ1) is 53.8. The minimum absolute atomic E-state index is 0. The fourth-order valence-electron chi connectivity index (χ4n) is 8.19. The second-order valence-corrected chi connectivity index (χ2v) is 34.5. The summed E-state index contributed by atoms with van der Waals surface area (Å²) in [5.41, 5.74) is 12.3. The summed E-state index contributed by atoms with van der Waals surface area (Å²) < 4.78 is 9.75. The fraction of sp³-hybridized carbons (Fsp3) is 0.663. The number of pyridine rings is 1. The molecule has 1 aromatic carbocycles. The van der Waals surface area contributed by atoms with E-state index in [-0.39, 0.29) is 51.0 Å². The van der Waals surface area contributed by atoms with Gasteiger partial charge in [-0.2, -0.15) is 30.3 Å². The molecular formula is C98H189N15S3. The van der Waals surface area contributed by atoms with Crippen molar-refractivity contribution >= 4 is 40.6 Å². The van der Waals surface area contributed by atoms with Crippen molar-refractivity contribution in [3.63, 3.8) is 0 Å². The van der Waals surface area contributed by atoms with Gasteiger partial charge in [-0.05, 0) is 159 Å². The van der Waals surface area contributed by atoms with Gasteiger partial charge in [0.05, 0.1) is 46.9 Å². The molecule has 1 atom stereocenters. The van der Waals surface area contributed by atoms with Gasteiger partial charge in [0, 0.05) is 98.8 Å². The molecule has 9 aromatic rings. The SMILES string of the molecule is C.CC.CC.CC.CC.CC.CC.CC.CC.CC.CC.CC.CC(C)(C)C1CCCC2=C1CN=C2.CC(C)(C)c1ccccn1.CC(C)(C)c1ccn[nH]1.CC(C)(C)c1cn[nH]c1.CC(C)(C)c1cnsc1.CC(C)(C)c1csnn1.CC(C)(C)c1nccs1.CC(C)(C)n1cccn1.CC(C)(C)n1nccn1.Cc1ccccc1. The quantitative estimate of drug-likeness (QED) is 0.148. The maximum atomic E-state index is 4.39. The Morgan fingerprint density at radius 2 is 0.940 bits per heavy atom. The van der Waals surface area contributed by atoms with Crippen LogP contribution in [0.15, 0.2) is 155 Å². The van der Waals surface area contributed by atoms with Crippen molar-refractivity contribution in [2.45, 2.75) is 416 Å². The highest BCUT2D eigenvalue weighted by molar-refractivity contribution is 7.09. The van der Waals surface area contributed by atoms with Crippen molar-refractivity contribution in [1.29, 1.82) is 0 Å². The summed E-state index contributed by atoms with van der Waals surface area (Å²) in [5.74, 6) is 0.777. The zero-order chi connectivity index (χ0) is 92.5. The lowest BCUT2D eigenvalue weighted by Crippen LogP contribution is -2.26. The molecule has 15 nitrogen and oxygen atoms in total. The Bertz CT molecular complexity index is 2870. The average molecular weight is 1670 g/mol. The molecule has 116 heavy (non-hydrogen) atoms. The number of nitrogens with one attached hydrogen (secondary N) is 2. The number of hydrogen-bond acceptors (Lipinski definition) is 14. The predicted octanol–water partition coefficient (Wildman–Crippen LogP) is 32.3. The third-order valence-electron chi connectivity index (χ3n) is 14.1. The van der Waals surface area contributed by atoms with Gasteiger partial charge in [0.15, 0.2) is 0 Å². The second-order valence-electron chi connectivity index (χ2n) is 32.3. The van der Waals surface area contributed by atoms with Crippen LogP contribution in [0, 0.1) is 18.3 Å². The van der Waals surface area contributed by atoms with Crippen LogP contribution in [0.4, 0.5) is 0 Å². The van der Waals surface area contributed by atoms with E-state index in [1.807, 2.05) is 247 Å². The summed E-state index contributed by atoms with van der Waals surface area (Å²) in [7, 11) is 0. The molecule has 2 N–H and O–H groups in total. The topological polar surface area (TPSA) is 183 Å². The van der Waals surface area contributed by atoms with Crippen LogP contribution in [-0.2, 0) is 43.6 Å². The third-order valence-corrected chi connectivity index (χ3v) is 16.4. The van der Waals surface area contributed by atoms with Gasteiger partial charge in [-0.15, -0.1) is 16.4 Å². The minimum Gasteiger partial charge on any atom is -0.288 e. The van der Waals surface area contributed by atoms with Crippen molar-refractivity contribution in [2.75, 3.05) is 6.54 Å². The van der Waals surface area contributed by atoms with E-state index < -0.39 is 0 Å². The first-order valence-corrected chi connectivity index (χ1v) is 46.0. The van der Waals surface area contributed by atoms with Crippen molar-refractivity contribution in [3.05, 3.63) is 189 Å². The van der Waals surface area contributed by atoms with Crippen LogP contribution < -0.4 is 0 Å². The highest BCUT2D eigenvalue weighted by atomic mass is 32.1. The molecule has 0 saturated carbocycles. The molecule has 11 rings (SSSR count). The van der Waals surface area contributed by atoms with Crippen LogP contribution in [0.2, 0.25) is 0 Å². The molecule has 0 spiro atoms. The fourth-order valence-corrected chi connectivity index (χ4v) is 10.4. The summed E-state index contributed by atoms with van der Waals surface area (Å²) in [6, 6.07) is 20.2. The molecule has 1 aliphatic carbocycles. The van der Waals surface area contributed by atoms with Gasteiger partial charge in [0.1, 0.15) is 0 Å². The summed E-state index contributed by atoms with van der Waals surface area (Å²) in [6.07, 6.45) is 24.4. The second kappa shape index (κ2) is 77.0. The number of aromatic nitrogens is 14. The molecule has 674 valence electrons. The zero-order valence-electron chi connectivity index (χ0n) is 84.3. The number of thiazole rings is 1. The van der Waals surface area contributed by atoms with E-state index in [9.17, 15) is 0 Å². The van der Waals surface area contributed by atoms with Crippen LogP contribution in [0.1, 0.15) is 405 Å². The largest absolute Gasteiger partial charge is 0.288 e. The molecule has 0 radical (unpaired) electrons. The van der Waals surface area contributed by atoms with Gasteiger partial charge >= 0.3 is 0 Å². The number of rotatable bonds is 0. The Balaban J connectivity index is -0.000000114. The standard InChI is InChI=1S/C12H19N.C9H13N.3C7H12N2.2C7H11NS.C7H8.C6H11N3.C6H10N2S.11C2H6.CH4/c1-12(2,3)11-6-4-5-9-7-13-8-10(9)11;1-9(2,3)8-6-4-5-7-10-8;1-7(2,3)6-4-8-9-5-6;1-7(2,3)9-6-4-5-8-9;1-7(2,3)6-4-5-8-9-6;1-7(2,3)6-4-8-9-5-6;1-7(2,3)6-8-4-5-9-6;1-7-5-3-2-4-6-7;1-6(2,3)9-7-4-5-8-9;1-6(2,3)5-4-9-8-7-5;11*1-2;/h7,11H,4-6,8H2,1-3H3;4-7H,1-3H3;4-5H,1-3H3,(H,8,9);4-6H,1-3H3;4-5H,1-3H3,(H,8,9);2*4-5H,1-3H3;2-6H,1H3;4-5H,1-3H3;4H,1-3H3;11*1-2H3;1H4. The van der Waals surface area contributed by atoms with Crippen molar-refractivity contribution < 1.29 is 0 Å². The Morgan fingerprint density at radius 1 is 0.440 bits per heavy atom. The van der Waals surface area contributed by atoms with Crippen LogP contribution in [-0.4, -0.2) is 81.9 Å². The van der Waals surface area contributed by atoms with Crippen molar-refractivity contribution in [3.8, 4) is 0 Å². The summed E-state index contributed by atoms with van der Waals surface area (Å²) in [6.45, 7) is 106. The first kappa shape index (κ1) is 133. The van der Waals surface area contributed by atoms with Crippen LogP contribution in [0.5, 0.6) is 0 Å². The number of allylic oxidation sites excluding steroid dienone is 1. The summed E-state index contributed by atoms with van der Waals surface area (Å²) >= 11 is 4.64. The number of aryl methyl sites for hydroxylation is 1. The molecule has 1 aliphatic heterocycles. The maximum Gasteiger partial charge on any atom is 0.0978 e. The van der Waals surface area contributed by atoms with Gasteiger partial charge in [-0.1, -0.05) is 352 Å². The number of benzene rings is 1. The van der Waals surface area contributed by atoms with Crippen LogP contribution >= 0.6 is 34.4 Å². The van der Waals surface area contributed by atoms with Gasteiger partial charge < -0.3 is 0 Å². The zero-order valence-corrected chi connectivity index (χ0v) is 86.8. The molecule has 2 aliphatic rings. The van der Waals surface area contributed by atoms with Gasteiger partial charge in [-0.25, -0.2) is 9.36 Å². The Morgan fingerprint density at radius 3 is 1.18 bits per heavy atom. The number of hydrogen-bond donors (Lipinski definition) is 2. The Labute approximate surface area is 732 Å². The maximum absolute atomic E-state index is 4.39. The molecule has 0 saturated heterocycles.